The molecule has 0 aromatic carbocycles. The number of amides is 1. The monoisotopic (exact) mass is 274 g/mol. The highest BCUT2D eigenvalue weighted by molar-refractivity contribution is 5.86. The Kier molecular flexibility index (Phi) is 6.47. The van der Waals surface area contributed by atoms with Crippen molar-refractivity contribution in [2.45, 2.75) is 58.2 Å². The second-order valence-electron chi connectivity index (χ2n) is 5.30. The van der Waals surface area contributed by atoms with Gasteiger partial charge in [-0.3, -0.25) is 14.4 Å². The summed E-state index contributed by atoms with van der Waals surface area (Å²) >= 11 is 0. The maximum Gasteiger partial charge on any atom is 0.325 e. The average Bonchev–Trinajstić information content (AvgIpc) is 2.23. The van der Waals surface area contributed by atoms with E-state index in [0.29, 0.717) is 0 Å². The van der Waals surface area contributed by atoms with Crippen molar-refractivity contribution < 1.29 is 24.2 Å². The van der Waals surface area contributed by atoms with E-state index in [9.17, 15) is 14.4 Å². The zero-order valence-electron chi connectivity index (χ0n) is 11.7. The second-order valence-corrected chi connectivity index (χ2v) is 5.30. The predicted molar refractivity (Wildman–Crippen MR) is 68.3 cm³/mol. The highest BCUT2D eigenvalue weighted by Crippen LogP contribution is 2.09. The van der Waals surface area contributed by atoms with E-state index in [1.54, 1.807) is 20.8 Å². The second kappa shape index (κ2) is 7.08. The number of carbonyl (C=O) groups is 3. The summed E-state index contributed by atoms with van der Waals surface area (Å²) < 4.78 is 5.07. The van der Waals surface area contributed by atoms with E-state index in [1.807, 2.05) is 0 Å². The van der Waals surface area contributed by atoms with E-state index in [4.69, 9.17) is 15.6 Å². The summed E-state index contributed by atoms with van der Waals surface area (Å²) in [7, 11) is 0. The van der Waals surface area contributed by atoms with Gasteiger partial charge < -0.3 is 20.9 Å². The highest BCUT2D eigenvalue weighted by atomic mass is 16.6. The number of carbonyl (C=O) groups excluding carboxylic acids is 2. The van der Waals surface area contributed by atoms with Crippen LogP contribution in [0.4, 0.5) is 0 Å². The van der Waals surface area contributed by atoms with Crippen molar-refractivity contribution >= 4 is 17.8 Å². The highest BCUT2D eigenvalue weighted by Gasteiger charge is 2.22. The van der Waals surface area contributed by atoms with Crippen LogP contribution in [0.3, 0.4) is 0 Å². The molecule has 110 valence electrons. The Hall–Kier alpha value is -1.63. The van der Waals surface area contributed by atoms with Crippen molar-refractivity contribution in [2.24, 2.45) is 5.73 Å². The smallest absolute Gasteiger partial charge is 0.325 e. The van der Waals surface area contributed by atoms with Crippen LogP contribution in [0.15, 0.2) is 0 Å². The molecule has 4 N–H and O–H groups in total. The van der Waals surface area contributed by atoms with Crippen molar-refractivity contribution in [2.75, 3.05) is 0 Å². The summed E-state index contributed by atoms with van der Waals surface area (Å²) in [6.07, 6.45) is 0.112. The number of carboxylic acid groups (broad SMARTS) is 1. The molecular formula is C12H22N2O5. The molecule has 1 amide bonds. The average molecular weight is 274 g/mol. The van der Waals surface area contributed by atoms with Gasteiger partial charge in [0.25, 0.3) is 0 Å². The number of nitrogens with one attached hydrogen (secondary N) is 1. The van der Waals surface area contributed by atoms with E-state index in [1.165, 1.54) is 6.92 Å². The van der Waals surface area contributed by atoms with Crippen molar-refractivity contribution in [1.29, 1.82) is 0 Å². The molecule has 0 aliphatic carbocycles. The lowest BCUT2D eigenvalue weighted by Gasteiger charge is -2.20. The first-order valence-corrected chi connectivity index (χ1v) is 6.03. The van der Waals surface area contributed by atoms with E-state index < -0.39 is 35.5 Å². The Balaban J connectivity index is 4.11. The van der Waals surface area contributed by atoms with Crippen molar-refractivity contribution in [3.63, 3.8) is 0 Å². The van der Waals surface area contributed by atoms with Gasteiger partial charge >= 0.3 is 11.9 Å². The van der Waals surface area contributed by atoms with Gasteiger partial charge in [0.2, 0.25) is 5.91 Å². The van der Waals surface area contributed by atoms with Crippen LogP contribution in [0.5, 0.6) is 0 Å². The van der Waals surface area contributed by atoms with Crippen LogP contribution in [0.2, 0.25) is 0 Å². The van der Waals surface area contributed by atoms with Gasteiger partial charge in [-0.2, -0.15) is 0 Å². The molecule has 0 bridgehead atoms. The molecule has 7 nitrogen and oxygen atoms in total. The van der Waals surface area contributed by atoms with Crippen LogP contribution in [0, 0.1) is 0 Å². The molecule has 7 heteroatoms. The van der Waals surface area contributed by atoms with Gasteiger partial charge in [-0.1, -0.05) is 0 Å². The minimum atomic E-state index is -1.15. The van der Waals surface area contributed by atoms with E-state index >= 15 is 0 Å². The fourth-order valence-electron chi connectivity index (χ4n) is 1.18. The summed E-state index contributed by atoms with van der Waals surface area (Å²) in [6, 6.07) is -1.95. The normalized spacial score (nSPS) is 14.4. The van der Waals surface area contributed by atoms with E-state index in [2.05, 4.69) is 5.32 Å². The molecule has 2 atom stereocenters. The molecule has 0 spiro atoms. The molecule has 0 saturated carbocycles. The first kappa shape index (κ1) is 17.4. The third kappa shape index (κ3) is 8.15. The minimum Gasteiger partial charge on any atom is -0.480 e. The molecule has 0 unspecified atom stereocenters. The number of aliphatic carboxylic acids is 1. The van der Waals surface area contributed by atoms with Crippen molar-refractivity contribution in [3.05, 3.63) is 0 Å². The van der Waals surface area contributed by atoms with Gasteiger partial charge in [0.1, 0.15) is 11.6 Å². The van der Waals surface area contributed by atoms with Crippen LogP contribution >= 0.6 is 0 Å². The molecule has 0 saturated heterocycles. The zero-order chi connectivity index (χ0) is 15.2. The number of ether oxygens (including phenoxy) is 1. The topological polar surface area (TPSA) is 119 Å². The predicted octanol–water partition coefficient (Wildman–Crippen LogP) is 0.0249. The number of carboxylic acids is 1. The zero-order valence-corrected chi connectivity index (χ0v) is 11.7. The number of nitrogens with two attached hydrogens (primary N) is 1. The van der Waals surface area contributed by atoms with Crippen LogP contribution < -0.4 is 11.1 Å². The summed E-state index contributed by atoms with van der Waals surface area (Å²) in [5.41, 5.74) is 4.98. The Labute approximate surface area is 112 Å². The summed E-state index contributed by atoms with van der Waals surface area (Å²) in [5, 5.41) is 10.9. The lowest BCUT2D eigenvalue weighted by atomic mass is 10.1. The maximum absolute atomic E-state index is 11.5. The molecule has 0 aromatic heterocycles. The molecule has 0 aromatic rings. The maximum atomic E-state index is 11.5. The summed E-state index contributed by atoms with van der Waals surface area (Å²) in [4.78, 5) is 33.5. The fraction of sp³-hybridized carbons (Fsp3) is 0.750. The van der Waals surface area contributed by atoms with Gasteiger partial charge in [0.05, 0.1) is 6.04 Å². The number of rotatable bonds is 6. The minimum absolute atomic E-state index is 0.00725. The van der Waals surface area contributed by atoms with Gasteiger partial charge in [0.15, 0.2) is 0 Å². The third-order valence-electron chi connectivity index (χ3n) is 2.15. The Morgan fingerprint density at radius 2 is 1.84 bits per heavy atom. The Bertz CT molecular complexity index is 349. The lowest BCUT2D eigenvalue weighted by Crippen LogP contribution is -2.47. The number of esters is 1. The van der Waals surface area contributed by atoms with E-state index in [-0.39, 0.29) is 12.8 Å². The quantitative estimate of drug-likeness (QED) is 0.588. The largest absolute Gasteiger partial charge is 0.480 e. The molecule has 0 fully saturated rings. The molecule has 0 aliphatic heterocycles. The lowest BCUT2D eigenvalue weighted by molar-refractivity contribution is -0.155. The van der Waals surface area contributed by atoms with Crippen LogP contribution in [-0.2, 0) is 19.1 Å². The Morgan fingerprint density at radius 3 is 2.26 bits per heavy atom. The molecule has 19 heavy (non-hydrogen) atoms. The van der Waals surface area contributed by atoms with Crippen LogP contribution in [0.25, 0.3) is 0 Å². The molecule has 0 radical (unpaired) electrons. The molecule has 0 aliphatic rings. The van der Waals surface area contributed by atoms with Crippen molar-refractivity contribution in [3.8, 4) is 0 Å². The fourth-order valence-corrected chi connectivity index (χ4v) is 1.18. The Morgan fingerprint density at radius 1 is 1.32 bits per heavy atom. The summed E-state index contributed by atoms with van der Waals surface area (Å²) in [5.74, 6) is -2.19. The first-order chi connectivity index (χ1) is 8.53. The van der Waals surface area contributed by atoms with Crippen LogP contribution in [-0.4, -0.2) is 40.6 Å². The molecular weight excluding hydrogens is 252 g/mol. The standard InChI is InChI=1S/C12H22N2O5/c1-7(11(17)18)14-10(16)8(13)5-6-9(15)19-12(2,3)4/h7-8H,5-6,13H2,1-4H3,(H,14,16)(H,17,18)/t7-,8-/m0/s1. The van der Waals surface area contributed by atoms with Gasteiger partial charge in [-0.25, -0.2) is 0 Å². The van der Waals surface area contributed by atoms with Gasteiger partial charge in [-0.15, -0.1) is 0 Å². The van der Waals surface area contributed by atoms with Crippen molar-refractivity contribution in [1.82, 2.24) is 5.32 Å². The first-order valence-electron chi connectivity index (χ1n) is 6.03. The SMILES string of the molecule is C[C@H](NC(=O)[C@@H](N)CCC(=O)OC(C)(C)C)C(=O)O. The van der Waals surface area contributed by atoms with Crippen LogP contribution in [0.1, 0.15) is 40.5 Å². The van der Waals surface area contributed by atoms with E-state index in [0.717, 1.165) is 0 Å². The number of hydrogen-bond donors (Lipinski definition) is 3. The summed E-state index contributed by atoms with van der Waals surface area (Å²) in [6.45, 7) is 6.56. The number of hydrogen-bond acceptors (Lipinski definition) is 5. The van der Waals surface area contributed by atoms with Gasteiger partial charge in [0, 0.05) is 6.42 Å². The third-order valence-corrected chi connectivity index (χ3v) is 2.15. The molecule has 0 rings (SSSR count). The van der Waals surface area contributed by atoms with Gasteiger partial charge in [-0.05, 0) is 34.1 Å². The molecule has 0 heterocycles.